The number of nitrogens with one attached hydrogen (secondary N) is 1. The molecule has 1 aromatic carbocycles. The van der Waals surface area contributed by atoms with Gasteiger partial charge < -0.3 is 15.2 Å². The van der Waals surface area contributed by atoms with Crippen LogP contribution in [0.4, 0.5) is 0 Å². The molecule has 1 fully saturated rings. The maximum absolute atomic E-state index is 12.5. The first-order valence-electron chi connectivity index (χ1n) is 11.5. The Balaban J connectivity index is 1.77. The number of carbonyl (C=O) groups is 1. The number of aliphatic hydroxyl groups excluding tert-OH is 1. The molecule has 1 aliphatic heterocycles. The smallest absolute Gasteiger partial charge is 0.220 e. The number of rotatable bonds is 14. The Kier molecular flexibility index (Phi) is 12.0. The fraction of sp³-hybridized carbons (Fsp3) is 0.708. The quantitative estimate of drug-likeness (QED) is 0.459. The number of hydrogen-bond donors (Lipinski definition) is 2. The van der Waals surface area contributed by atoms with Gasteiger partial charge in [-0.3, -0.25) is 9.69 Å². The van der Waals surface area contributed by atoms with E-state index in [9.17, 15) is 9.90 Å². The summed E-state index contributed by atoms with van der Waals surface area (Å²) in [5.41, 5.74) is 0.845. The summed E-state index contributed by atoms with van der Waals surface area (Å²) in [7, 11) is 0. The molecule has 1 aliphatic rings. The molecule has 1 heterocycles. The molecule has 164 valence electrons. The zero-order valence-corrected chi connectivity index (χ0v) is 18.2. The summed E-state index contributed by atoms with van der Waals surface area (Å²) in [6.45, 7) is 5.97. The normalized spacial score (nSPS) is 17.0. The van der Waals surface area contributed by atoms with Crippen LogP contribution in [0.25, 0.3) is 0 Å². The van der Waals surface area contributed by atoms with Crippen molar-refractivity contribution in [2.24, 2.45) is 0 Å². The average Bonchev–Trinajstić information content (AvgIpc) is 2.76. The highest BCUT2D eigenvalue weighted by atomic mass is 16.5. The van der Waals surface area contributed by atoms with Crippen LogP contribution in [0.2, 0.25) is 0 Å². The summed E-state index contributed by atoms with van der Waals surface area (Å²) < 4.78 is 5.42. The monoisotopic (exact) mass is 404 g/mol. The summed E-state index contributed by atoms with van der Waals surface area (Å²) >= 11 is 0. The third-order valence-corrected chi connectivity index (χ3v) is 5.68. The minimum Gasteiger partial charge on any atom is -0.386 e. The van der Waals surface area contributed by atoms with Gasteiger partial charge >= 0.3 is 0 Å². The fourth-order valence-corrected chi connectivity index (χ4v) is 3.87. The number of morpholine rings is 1. The third kappa shape index (κ3) is 9.75. The third-order valence-electron chi connectivity index (χ3n) is 5.68. The molecule has 0 radical (unpaired) electrons. The van der Waals surface area contributed by atoms with Gasteiger partial charge in [0.1, 0.15) is 6.10 Å². The summed E-state index contributed by atoms with van der Waals surface area (Å²) in [5.74, 6) is 0.0456. The number of amides is 1. The summed E-state index contributed by atoms with van der Waals surface area (Å²) in [5, 5.41) is 14.0. The van der Waals surface area contributed by atoms with E-state index < -0.39 is 6.10 Å². The van der Waals surface area contributed by atoms with E-state index in [-0.39, 0.29) is 11.9 Å². The minimum atomic E-state index is -0.707. The number of benzene rings is 1. The van der Waals surface area contributed by atoms with Crippen molar-refractivity contribution in [3.8, 4) is 0 Å². The SMILES string of the molecule is CCCCCCCCCCC(=O)NC(CN1CCOCC1)C(O)c1ccccc1. The van der Waals surface area contributed by atoms with Crippen LogP contribution < -0.4 is 5.32 Å². The molecule has 0 aliphatic carbocycles. The second-order valence-corrected chi connectivity index (χ2v) is 8.17. The number of carbonyl (C=O) groups excluding carboxylic acids is 1. The largest absolute Gasteiger partial charge is 0.386 e. The number of hydrogen-bond acceptors (Lipinski definition) is 4. The Morgan fingerprint density at radius 1 is 1.03 bits per heavy atom. The first kappa shape index (κ1) is 23.8. The van der Waals surface area contributed by atoms with Crippen molar-refractivity contribution < 1.29 is 14.6 Å². The van der Waals surface area contributed by atoms with Crippen molar-refractivity contribution in [2.45, 2.75) is 76.9 Å². The lowest BCUT2D eigenvalue weighted by Gasteiger charge is -2.33. The van der Waals surface area contributed by atoms with Crippen molar-refractivity contribution in [1.82, 2.24) is 10.2 Å². The summed E-state index contributed by atoms with van der Waals surface area (Å²) in [6, 6.07) is 9.31. The molecule has 5 nitrogen and oxygen atoms in total. The van der Waals surface area contributed by atoms with E-state index in [1.54, 1.807) is 0 Å². The number of nitrogens with zero attached hydrogens (tertiary/aromatic N) is 1. The zero-order valence-electron chi connectivity index (χ0n) is 18.2. The van der Waals surface area contributed by atoms with Crippen LogP contribution in [0.3, 0.4) is 0 Å². The lowest BCUT2D eigenvalue weighted by atomic mass is 10.0. The average molecular weight is 405 g/mol. The first-order valence-corrected chi connectivity index (χ1v) is 11.5. The van der Waals surface area contributed by atoms with Crippen molar-refractivity contribution in [3.05, 3.63) is 35.9 Å². The van der Waals surface area contributed by atoms with Crippen LogP contribution in [0.5, 0.6) is 0 Å². The Labute approximate surface area is 176 Å². The second-order valence-electron chi connectivity index (χ2n) is 8.17. The van der Waals surface area contributed by atoms with Gasteiger partial charge in [-0.15, -0.1) is 0 Å². The Bertz CT molecular complexity index is 546. The van der Waals surface area contributed by atoms with Gasteiger partial charge in [0.05, 0.1) is 19.3 Å². The molecular weight excluding hydrogens is 364 g/mol. The van der Waals surface area contributed by atoms with Crippen LogP contribution in [0, 0.1) is 0 Å². The maximum Gasteiger partial charge on any atom is 0.220 e. The molecule has 0 saturated carbocycles. The predicted octanol–water partition coefficient (Wildman–Crippen LogP) is 4.07. The van der Waals surface area contributed by atoms with Crippen LogP contribution >= 0.6 is 0 Å². The Morgan fingerprint density at radius 2 is 1.66 bits per heavy atom. The standard InChI is InChI=1S/C24H40N2O3/c1-2-3-4-5-6-7-8-12-15-23(27)25-22(20-26-16-18-29-19-17-26)24(28)21-13-10-9-11-14-21/h9-11,13-14,22,24,28H,2-8,12,15-20H2,1H3,(H,25,27). The highest BCUT2D eigenvalue weighted by Gasteiger charge is 2.26. The van der Waals surface area contributed by atoms with Gasteiger partial charge in [-0.2, -0.15) is 0 Å². The molecule has 0 bridgehead atoms. The van der Waals surface area contributed by atoms with E-state index in [4.69, 9.17) is 4.74 Å². The Hall–Kier alpha value is -1.43. The molecule has 2 unspecified atom stereocenters. The molecule has 1 saturated heterocycles. The summed E-state index contributed by atoms with van der Waals surface area (Å²) in [6.07, 6.45) is 9.59. The topological polar surface area (TPSA) is 61.8 Å². The molecule has 2 rings (SSSR count). The predicted molar refractivity (Wildman–Crippen MR) is 118 cm³/mol. The van der Waals surface area contributed by atoms with Gasteiger partial charge in [-0.25, -0.2) is 0 Å². The van der Waals surface area contributed by atoms with E-state index in [2.05, 4.69) is 17.1 Å². The van der Waals surface area contributed by atoms with E-state index in [0.29, 0.717) is 26.2 Å². The van der Waals surface area contributed by atoms with Gasteiger partial charge in [0, 0.05) is 26.1 Å². The van der Waals surface area contributed by atoms with Crippen LogP contribution in [0.1, 0.15) is 76.4 Å². The van der Waals surface area contributed by atoms with Crippen LogP contribution in [-0.4, -0.2) is 54.8 Å². The fourth-order valence-electron chi connectivity index (χ4n) is 3.87. The number of unbranched alkanes of at least 4 members (excludes halogenated alkanes) is 7. The highest BCUT2D eigenvalue weighted by Crippen LogP contribution is 2.18. The molecule has 5 heteroatoms. The van der Waals surface area contributed by atoms with E-state index >= 15 is 0 Å². The maximum atomic E-state index is 12.5. The molecule has 0 spiro atoms. The van der Waals surface area contributed by atoms with Crippen molar-refractivity contribution in [1.29, 1.82) is 0 Å². The van der Waals surface area contributed by atoms with Gasteiger partial charge in [-0.05, 0) is 12.0 Å². The Morgan fingerprint density at radius 3 is 2.31 bits per heavy atom. The minimum absolute atomic E-state index is 0.0456. The molecule has 2 atom stereocenters. The molecule has 1 amide bonds. The van der Waals surface area contributed by atoms with E-state index in [1.165, 1.54) is 38.5 Å². The molecule has 2 N–H and O–H groups in total. The van der Waals surface area contributed by atoms with Gasteiger partial charge in [0.15, 0.2) is 0 Å². The molecule has 29 heavy (non-hydrogen) atoms. The second kappa shape index (κ2) is 14.5. The molecule has 1 aromatic rings. The summed E-state index contributed by atoms with van der Waals surface area (Å²) in [4.78, 5) is 14.8. The van der Waals surface area contributed by atoms with Crippen LogP contribution in [-0.2, 0) is 9.53 Å². The van der Waals surface area contributed by atoms with E-state index in [0.717, 1.165) is 31.5 Å². The lowest BCUT2D eigenvalue weighted by molar-refractivity contribution is -0.123. The highest BCUT2D eigenvalue weighted by molar-refractivity contribution is 5.76. The molecular formula is C24H40N2O3. The zero-order chi connectivity index (χ0) is 20.7. The van der Waals surface area contributed by atoms with Gasteiger partial charge in [0.2, 0.25) is 5.91 Å². The first-order chi connectivity index (χ1) is 14.2. The van der Waals surface area contributed by atoms with Gasteiger partial charge in [-0.1, -0.05) is 82.2 Å². The van der Waals surface area contributed by atoms with Crippen LogP contribution in [0.15, 0.2) is 30.3 Å². The molecule has 0 aromatic heterocycles. The van der Waals surface area contributed by atoms with E-state index in [1.807, 2.05) is 30.3 Å². The number of ether oxygens (including phenoxy) is 1. The van der Waals surface area contributed by atoms with Gasteiger partial charge in [0.25, 0.3) is 0 Å². The van der Waals surface area contributed by atoms with Crippen molar-refractivity contribution in [3.63, 3.8) is 0 Å². The lowest BCUT2D eigenvalue weighted by Crippen LogP contribution is -2.49. The van der Waals surface area contributed by atoms with Crippen molar-refractivity contribution >= 4 is 5.91 Å². The van der Waals surface area contributed by atoms with Crippen molar-refractivity contribution in [2.75, 3.05) is 32.8 Å². The number of aliphatic hydroxyl groups is 1.